The van der Waals surface area contributed by atoms with Gasteiger partial charge in [-0.15, -0.1) is 11.3 Å². The average molecular weight is 483 g/mol. The average Bonchev–Trinajstić information content (AvgIpc) is 3.16. The fraction of sp³-hybridized carbons (Fsp3) is 0.273. The Morgan fingerprint density at radius 3 is 2.64 bits per heavy atom. The van der Waals surface area contributed by atoms with Crippen LogP contribution in [0, 0.1) is 5.82 Å². The van der Waals surface area contributed by atoms with Gasteiger partial charge in [-0.05, 0) is 36.2 Å². The molecule has 3 rings (SSSR count). The minimum absolute atomic E-state index is 0.103. The van der Waals surface area contributed by atoms with Crippen LogP contribution >= 0.6 is 11.3 Å². The minimum Gasteiger partial charge on any atom is -0.388 e. The summed E-state index contributed by atoms with van der Waals surface area (Å²) in [4.78, 5) is 16.6. The molecule has 5 N–H and O–H groups in total. The summed E-state index contributed by atoms with van der Waals surface area (Å²) >= 11 is 1.08. The fourth-order valence-electron chi connectivity index (χ4n) is 3.07. The quantitative estimate of drug-likeness (QED) is 0.326. The smallest absolute Gasteiger partial charge is 0.388 e. The number of hydrogen-bond donors (Lipinski definition) is 4. The van der Waals surface area contributed by atoms with Crippen LogP contribution in [0.3, 0.4) is 0 Å². The molecule has 0 spiro atoms. The molecule has 0 aliphatic heterocycles. The number of anilines is 2. The van der Waals surface area contributed by atoms with E-state index in [1.807, 2.05) is 0 Å². The molecule has 11 heteroatoms. The van der Waals surface area contributed by atoms with Crippen LogP contribution in [0.25, 0.3) is 10.4 Å². The van der Waals surface area contributed by atoms with Gasteiger partial charge in [0.25, 0.3) is 5.91 Å². The van der Waals surface area contributed by atoms with E-state index in [1.54, 1.807) is 31.2 Å². The highest BCUT2D eigenvalue weighted by Gasteiger charge is 2.26. The van der Waals surface area contributed by atoms with Crippen molar-refractivity contribution in [2.24, 2.45) is 5.73 Å². The third-order valence-corrected chi connectivity index (χ3v) is 5.79. The third kappa shape index (κ3) is 6.50. The molecule has 1 unspecified atom stereocenters. The van der Waals surface area contributed by atoms with Crippen molar-refractivity contribution in [2.45, 2.75) is 32.2 Å². The number of carbonyl (C=O) groups excluding carboxylic acids is 1. The Morgan fingerprint density at radius 2 is 2.00 bits per heavy atom. The first-order valence-corrected chi connectivity index (χ1v) is 10.8. The van der Waals surface area contributed by atoms with Gasteiger partial charge in [-0.3, -0.25) is 4.79 Å². The Labute approximate surface area is 191 Å². The summed E-state index contributed by atoms with van der Waals surface area (Å²) < 4.78 is 51.7. The predicted octanol–water partition coefficient (Wildman–Crippen LogP) is 4.89. The van der Waals surface area contributed by atoms with Crippen LogP contribution in [0.4, 0.5) is 28.4 Å². The number of nitrogens with one attached hydrogen (secondary N) is 2. The molecule has 0 saturated carbocycles. The first kappa shape index (κ1) is 24.6. The number of amides is 1. The van der Waals surface area contributed by atoms with E-state index < -0.39 is 30.5 Å². The van der Waals surface area contributed by atoms with Crippen LogP contribution in [0.5, 0.6) is 0 Å². The van der Waals surface area contributed by atoms with E-state index in [9.17, 15) is 27.5 Å². The molecule has 1 atom stereocenters. The third-order valence-electron chi connectivity index (χ3n) is 4.71. The molecule has 1 amide bonds. The minimum atomic E-state index is -4.33. The molecule has 0 saturated heterocycles. The number of aliphatic hydroxyl groups excluding tert-OH is 1. The van der Waals surface area contributed by atoms with Crippen LogP contribution in [-0.2, 0) is 6.54 Å². The van der Waals surface area contributed by atoms with Gasteiger partial charge in [-0.1, -0.05) is 25.1 Å². The maximum Gasteiger partial charge on any atom is 0.401 e. The Morgan fingerprint density at radius 1 is 1.24 bits per heavy atom. The second-order valence-electron chi connectivity index (χ2n) is 7.24. The molecule has 3 aromatic rings. The number of thiophene rings is 1. The molecule has 176 valence electrons. The number of carbonyl (C=O) groups is 1. The van der Waals surface area contributed by atoms with Crippen LogP contribution < -0.4 is 16.4 Å². The summed E-state index contributed by atoms with van der Waals surface area (Å²) in [7, 11) is 0. The molecule has 0 radical (unpaired) electrons. The Kier molecular flexibility index (Phi) is 7.67. The number of halogens is 4. The second kappa shape index (κ2) is 10.3. The molecule has 1 aromatic carbocycles. The SMILES string of the molecule is CCC(O)c1ccc(-c2cc(C(N)=O)c(Nc3cccc(CNCC(F)(F)F)n3)s2)c(F)c1. The van der Waals surface area contributed by atoms with E-state index >= 15 is 0 Å². The molecule has 0 aliphatic carbocycles. The standard InChI is InChI=1S/C22H22F4N4O2S/c1-2-17(31)12-6-7-14(16(23)8-12)18-9-15(20(27)32)21(33-18)30-19-5-3-4-13(29-19)10-28-11-22(24,25)26/h3-9,17,28,31H,2,10-11H2,1H3,(H2,27,32)(H,29,30). The van der Waals surface area contributed by atoms with Crippen molar-refractivity contribution >= 4 is 28.1 Å². The van der Waals surface area contributed by atoms with Crippen molar-refractivity contribution in [2.75, 3.05) is 11.9 Å². The number of aliphatic hydroxyl groups is 1. The van der Waals surface area contributed by atoms with Crippen molar-refractivity contribution in [3.63, 3.8) is 0 Å². The van der Waals surface area contributed by atoms with Crippen LogP contribution in [0.2, 0.25) is 0 Å². The lowest BCUT2D eigenvalue weighted by Crippen LogP contribution is -2.28. The number of aromatic nitrogens is 1. The number of nitrogens with zero attached hydrogens (tertiary/aromatic N) is 1. The summed E-state index contributed by atoms with van der Waals surface area (Å²) in [5.74, 6) is -1.000. The molecule has 2 aromatic heterocycles. The van der Waals surface area contributed by atoms with Crippen molar-refractivity contribution < 1.29 is 27.5 Å². The zero-order valence-electron chi connectivity index (χ0n) is 17.5. The summed E-state index contributed by atoms with van der Waals surface area (Å²) in [5, 5.41) is 15.4. The van der Waals surface area contributed by atoms with Gasteiger partial charge < -0.3 is 21.5 Å². The Bertz CT molecular complexity index is 1130. The summed E-state index contributed by atoms with van der Waals surface area (Å²) in [6, 6.07) is 10.6. The molecule has 6 nitrogen and oxygen atoms in total. The lowest BCUT2D eigenvalue weighted by atomic mass is 10.0. The normalized spacial score (nSPS) is 12.5. The highest BCUT2D eigenvalue weighted by molar-refractivity contribution is 7.19. The van der Waals surface area contributed by atoms with Gasteiger partial charge in [0.2, 0.25) is 0 Å². The maximum atomic E-state index is 14.7. The highest BCUT2D eigenvalue weighted by atomic mass is 32.1. The second-order valence-corrected chi connectivity index (χ2v) is 8.29. The zero-order valence-corrected chi connectivity index (χ0v) is 18.4. The fourth-order valence-corrected chi connectivity index (χ4v) is 4.17. The largest absolute Gasteiger partial charge is 0.401 e. The van der Waals surface area contributed by atoms with Crippen molar-refractivity contribution in [1.29, 1.82) is 0 Å². The lowest BCUT2D eigenvalue weighted by molar-refractivity contribution is -0.125. The number of hydrogen-bond acceptors (Lipinski definition) is 6. The molecule has 2 heterocycles. The topological polar surface area (TPSA) is 100 Å². The van der Waals surface area contributed by atoms with Gasteiger partial charge in [0.1, 0.15) is 16.6 Å². The van der Waals surface area contributed by atoms with Crippen LogP contribution in [-0.4, -0.2) is 28.7 Å². The first-order chi connectivity index (χ1) is 15.6. The molecule has 0 fully saturated rings. The van der Waals surface area contributed by atoms with E-state index in [4.69, 9.17) is 5.73 Å². The predicted molar refractivity (Wildman–Crippen MR) is 119 cm³/mol. The van der Waals surface area contributed by atoms with E-state index in [0.717, 1.165) is 11.3 Å². The van der Waals surface area contributed by atoms with Crippen LogP contribution in [0.15, 0.2) is 42.5 Å². The Hall–Kier alpha value is -3.02. The molecule has 0 aliphatic rings. The van der Waals surface area contributed by atoms with E-state index in [-0.39, 0.29) is 17.7 Å². The van der Waals surface area contributed by atoms with Gasteiger partial charge in [0, 0.05) is 17.0 Å². The maximum absolute atomic E-state index is 14.7. The number of alkyl halides is 3. The molecular weight excluding hydrogens is 460 g/mol. The molecular formula is C22H22F4N4O2S. The summed E-state index contributed by atoms with van der Waals surface area (Å²) in [6.45, 7) is 0.531. The first-order valence-electron chi connectivity index (χ1n) is 9.99. The van der Waals surface area contributed by atoms with E-state index in [0.29, 0.717) is 33.4 Å². The van der Waals surface area contributed by atoms with E-state index in [2.05, 4.69) is 15.6 Å². The van der Waals surface area contributed by atoms with Gasteiger partial charge in [-0.25, -0.2) is 9.37 Å². The number of benzene rings is 1. The van der Waals surface area contributed by atoms with Gasteiger partial charge in [0.05, 0.1) is 23.9 Å². The van der Waals surface area contributed by atoms with Crippen molar-refractivity contribution in [1.82, 2.24) is 10.3 Å². The van der Waals surface area contributed by atoms with Crippen molar-refractivity contribution in [3.05, 3.63) is 65.1 Å². The van der Waals surface area contributed by atoms with Gasteiger partial charge in [0.15, 0.2) is 0 Å². The highest BCUT2D eigenvalue weighted by Crippen LogP contribution is 2.38. The Balaban J connectivity index is 1.84. The molecule has 0 bridgehead atoms. The van der Waals surface area contributed by atoms with Crippen LogP contribution in [0.1, 0.15) is 41.1 Å². The number of primary amides is 1. The summed E-state index contributed by atoms with van der Waals surface area (Å²) in [6.07, 6.45) is -4.67. The lowest BCUT2D eigenvalue weighted by Gasteiger charge is -2.10. The van der Waals surface area contributed by atoms with Crippen molar-refractivity contribution in [3.8, 4) is 10.4 Å². The van der Waals surface area contributed by atoms with Gasteiger partial charge in [-0.2, -0.15) is 13.2 Å². The number of nitrogens with two attached hydrogens (primary N) is 1. The summed E-state index contributed by atoms with van der Waals surface area (Å²) in [5.41, 5.74) is 6.64. The van der Waals surface area contributed by atoms with E-state index in [1.165, 1.54) is 18.2 Å². The number of pyridine rings is 1. The monoisotopic (exact) mass is 482 g/mol. The zero-order chi connectivity index (χ0) is 24.2. The molecule has 33 heavy (non-hydrogen) atoms. The van der Waals surface area contributed by atoms with Gasteiger partial charge >= 0.3 is 6.18 Å². The number of rotatable bonds is 9.